The number of hydrogen-bond acceptors (Lipinski definition) is 3. The van der Waals surface area contributed by atoms with Gasteiger partial charge in [-0.3, -0.25) is 9.59 Å². The molecule has 5 rings (SSSR count). The molecule has 190 valence electrons. The predicted molar refractivity (Wildman–Crippen MR) is 132 cm³/mol. The first kappa shape index (κ1) is 24.5. The molecule has 0 bridgehead atoms. The quantitative estimate of drug-likeness (QED) is 0.399. The van der Waals surface area contributed by atoms with E-state index in [9.17, 15) is 22.8 Å². The number of imidazole rings is 1. The number of amides is 2. The first-order chi connectivity index (χ1) is 17.8. The highest BCUT2D eigenvalue weighted by Crippen LogP contribution is 2.31. The van der Waals surface area contributed by atoms with Crippen molar-refractivity contribution in [1.82, 2.24) is 19.6 Å². The van der Waals surface area contributed by atoms with Gasteiger partial charge in [-0.2, -0.15) is 13.2 Å². The maximum absolute atomic E-state index is 12.8. The predicted octanol–water partition coefficient (Wildman–Crippen LogP) is 5.30. The van der Waals surface area contributed by atoms with E-state index in [1.807, 2.05) is 53.2 Å². The molecule has 37 heavy (non-hydrogen) atoms. The van der Waals surface area contributed by atoms with Crippen molar-refractivity contribution in [2.45, 2.75) is 31.5 Å². The summed E-state index contributed by atoms with van der Waals surface area (Å²) >= 11 is 0. The Kier molecular flexibility index (Phi) is 6.69. The fourth-order valence-electron chi connectivity index (χ4n) is 4.65. The fourth-order valence-corrected chi connectivity index (χ4v) is 4.65. The van der Waals surface area contributed by atoms with Gasteiger partial charge in [-0.05, 0) is 78.4 Å². The molecule has 3 heterocycles. The van der Waals surface area contributed by atoms with Crippen LogP contribution in [0.15, 0.2) is 79.3 Å². The van der Waals surface area contributed by atoms with E-state index in [4.69, 9.17) is 0 Å². The lowest BCUT2D eigenvalue weighted by Crippen LogP contribution is -2.37. The summed E-state index contributed by atoms with van der Waals surface area (Å²) in [6.07, 6.45) is 2.55. The Morgan fingerprint density at radius 3 is 2.27 bits per heavy atom. The summed E-state index contributed by atoms with van der Waals surface area (Å²) in [5, 5.41) is 2.93. The Balaban J connectivity index is 1.13. The second-order valence-corrected chi connectivity index (χ2v) is 9.17. The molecular weight excluding hydrogens is 481 g/mol. The molecule has 1 N–H and O–H groups in total. The average Bonchev–Trinajstić information content (AvgIpc) is 3.39. The molecule has 4 aromatic rings. The van der Waals surface area contributed by atoms with Crippen LogP contribution in [-0.4, -0.2) is 39.2 Å². The molecule has 0 radical (unpaired) electrons. The number of likely N-dealkylation sites (tertiary alicyclic amines) is 1. The summed E-state index contributed by atoms with van der Waals surface area (Å²) < 4.78 is 40.2. The molecule has 1 saturated heterocycles. The van der Waals surface area contributed by atoms with Gasteiger partial charge in [0.2, 0.25) is 0 Å². The highest BCUT2D eigenvalue weighted by Gasteiger charge is 2.31. The molecule has 9 heteroatoms. The number of nitrogens with zero attached hydrogens (tertiary/aromatic N) is 3. The van der Waals surface area contributed by atoms with Gasteiger partial charge in [0.05, 0.1) is 5.56 Å². The van der Waals surface area contributed by atoms with Crippen molar-refractivity contribution in [1.29, 1.82) is 0 Å². The minimum Gasteiger partial charge on any atom is -0.348 e. The molecule has 0 atom stereocenters. The molecule has 0 unspecified atom stereocenters. The van der Waals surface area contributed by atoms with Gasteiger partial charge in [0.1, 0.15) is 5.65 Å². The number of halogens is 3. The van der Waals surface area contributed by atoms with E-state index in [0.29, 0.717) is 25.2 Å². The summed E-state index contributed by atoms with van der Waals surface area (Å²) in [6, 6.07) is 15.7. The van der Waals surface area contributed by atoms with Crippen molar-refractivity contribution in [3.63, 3.8) is 0 Å². The van der Waals surface area contributed by atoms with E-state index in [0.717, 1.165) is 41.7 Å². The van der Waals surface area contributed by atoms with Crippen LogP contribution in [0.5, 0.6) is 0 Å². The minimum atomic E-state index is -4.42. The SMILES string of the molecule is O=C(NCc1ccn2ccnc2c1)c1ccc(C2CCN(C(=O)c3ccc(C(F)(F)F)cc3)CC2)cc1. The first-order valence-electron chi connectivity index (χ1n) is 12.0. The number of alkyl halides is 3. The zero-order valence-corrected chi connectivity index (χ0v) is 19.9. The summed E-state index contributed by atoms with van der Waals surface area (Å²) in [4.78, 5) is 31.3. The van der Waals surface area contributed by atoms with Crippen LogP contribution in [0.2, 0.25) is 0 Å². The van der Waals surface area contributed by atoms with Gasteiger partial charge in [-0.15, -0.1) is 0 Å². The van der Waals surface area contributed by atoms with Gasteiger partial charge in [0.15, 0.2) is 0 Å². The molecule has 1 fully saturated rings. The summed E-state index contributed by atoms with van der Waals surface area (Å²) in [5.41, 5.74) is 2.94. The molecule has 6 nitrogen and oxygen atoms in total. The molecular formula is C28H25F3N4O2. The molecule has 0 spiro atoms. The number of piperidine rings is 1. The van der Waals surface area contributed by atoms with Crippen LogP contribution in [0.4, 0.5) is 13.2 Å². The minimum absolute atomic E-state index is 0.160. The lowest BCUT2D eigenvalue weighted by molar-refractivity contribution is -0.137. The van der Waals surface area contributed by atoms with Gasteiger partial charge < -0.3 is 14.6 Å². The third kappa shape index (κ3) is 5.50. The Bertz CT molecular complexity index is 1400. The first-order valence-corrected chi connectivity index (χ1v) is 12.0. The van der Waals surface area contributed by atoms with Crippen molar-refractivity contribution >= 4 is 17.5 Å². The van der Waals surface area contributed by atoms with E-state index in [-0.39, 0.29) is 23.3 Å². The third-order valence-corrected chi connectivity index (χ3v) is 6.80. The number of hydrogen-bond donors (Lipinski definition) is 1. The second-order valence-electron chi connectivity index (χ2n) is 9.17. The number of rotatable bonds is 5. The van der Waals surface area contributed by atoms with E-state index < -0.39 is 11.7 Å². The normalized spacial score (nSPS) is 14.6. The van der Waals surface area contributed by atoms with Crippen molar-refractivity contribution in [3.8, 4) is 0 Å². The summed E-state index contributed by atoms with van der Waals surface area (Å²) in [5.74, 6) is -0.173. The Morgan fingerprint density at radius 1 is 0.919 bits per heavy atom. The van der Waals surface area contributed by atoms with Crippen molar-refractivity contribution < 1.29 is 22.8 Å². The maximum Gasteiger partial charge on any atom is 0.416 e. The van der Waals surface area contributed by atoms with Crippen LogP contribution in [0, 0.1) is 0 Å². The number of nitrogens with one attached hydrogen (secondary N) is 1. The maximum atomic E-state index is 12.8. The van der Waals surface area contributed by atoms with Crippen LogP contribution in [0.3, 0.4) is 0 Å². The number of benzene rings is 2. The van der Waals surface area contributed by atoms with Gasteiger partial charge in [0, 0.05) is 49.4 Å². The molecule has 2 amide bonds. The van der Waals surface area contributed by atoms with E-state index in [1.54, 1.807) is 11.1 Å². The lowest BCUT2D eigenvalue weighted by atomic mass is 9.88. The molecule has 2 aromatic heterocycles. The smallest absolute Gasteiger partial charge is 0.348 e. The number of pyridine rings is 1. The zero-order valence-electron chi connectivity index (χ0n) is 19.9. The van der Waals surface area contributed by atoms with Crippen LogP contribution in [0.1, 0.15) is 56.2 Å². The molecule has 1 aliphatic rings. The second kappa shape index (κ2) is 10.1. The lowest BCUT2D eigenvalue weighted by Gasteiger charge is -2.32. The van der Waals surface area contributed by atoms with Crippen LogP contribution in [0.25, 0.3) is 5.65 Å². The largest absolute Gasteiger partial charge is 0.416 e. The van der Waals surface area contributed by atoms with Crippen LogP contribution >= 0.6 is 0 Å². The molecule has 0 saturated carbocycles. The zero-order chi connectivity index (χ0) is 26.0. The van der Waals surface area contributed by atoms with Gasteiger partial charge in [-0.25, -0.2) is 4.98 Å². The monoisotopic (exact) mass is 506 g/mol. The Labute approximate surface area is 211 Å². The standard InChI is InChI=1S/C28H25F3N4O2/c29-28(30,31)24-7-5-23(6-8-24)27(37)35-14-10-21(11-15-35)20-1-3-22(4-2-20)26(36)33-18-19-9-13-34-16-12-32-25(34)17-19/h1-9,12-13,16-17,21H,10-11,14-15,18H2,(H,33,36). The van der Waals surface area contributed by atoms with Crippen molar-refractivity contribution in [3.05, 3.63) is 107 Å². The fraction of sp³-hybridized carbons (Fsp3) is 0.250. The number of carbonyl (C=O) groups is 2. The Morgan fingerprint density at radius 2 is 1.59 bits per heavy atom. The van der Waals surface area contributed by atoms with E-state index in [1.165, 1.54) is 12.1 Å². The van der Waals surface area contributed by atoms with Gasteiger partial charge in [-0.1, -0.05) is 12.1 Å². The van der Waals surface area contributed by atoms with E-state index in [2.05, 4.69) is 10.3 Å². The van der Waals surface area contributed by atoms with Gasteiger partial charge in [0.25, 0.3) is 11.8 Å². The van der Waals surface area contributed by atoms with E-state index >= 15 is 0 Å². The van der Waals surface area contributed by atoms with Gasteiger partial charge >= 0.3 is 6.18 Å². The topological polar surface area (TPSA) is 66.7 Å². The Hall–Kier alpha value is -4.14. The molecule has 0 aliphatic carbocycles. The third-order valence-electron chi connectivity index (χ3n) is 6.80. The number of aromatic nitrogens is 2. The van der Waals surface area contributed by atoms with Crippen molar-refractivity contribution in [2.75, 3.05) is 13.1 Å². The molecule has 2 aromatic carbocycles. The van der Waals surface area contributed by atoms with Crippen molar-refractivity contribution in [2.24, 2.45) is 0 Å². The molecule has 1 aliphatic heterocycles. The summed E-state index contributed by atoms with van der Waals surface area (Å²) in [7, 11) is 0. The number of fused-ring (bicyclic) bond motifs is 1. The highest BCUT2D eigenvalue weighted by atomic mass is 19.4. The summed E-state index contributed by atoms with van der Waals surface area (Å²) in [6.45, 7) is 1.44. The average molecular weight is 507 g/mol. The van der Waals surface area contributed by atoms with Crippen LogP contribution in [-0.2, 0) is 12.7 Å². The highest BCUT2D eigenvalue weighted by molar-refractivity contribution is 5.94. The number of carbonyl (C=O) groups excluding carboxylic acids is 2. The van der Waals surface area contributed by atoms with Crippen LogP contribution < -0.4 is 5.32 Å².